The first-order valence-electron chi connectivity index (χ1n) is 25.6. The van der Waals surface area contributed by atoms with E-state index >= 15 is 0 Å². The Kier molecular flexibility index (Phi) is 9.67. The highest BCUT2D eigenvalue weighted by Gasteiger charge is 2.44. The van der Waals surface area contributed by atoms with Crippen LogP contribution in [0.2, 0.25) is 0 Å². The van der Waals surface area contributed by atoms with Gasteiger partial charge in [-0.15, -0.1) is 0 Å². The van der Waals surface area contributed by atoms with E-state index < -0.39 is 0 Å². The van der Waals surface area contributed by atoms with E-state index in [9.17, 15) is 0 Å². The van der Waals surface area contributed by atoms with E-state index in [0.29, 0.717) is 0 Å². The van der Waals surface area contributed by atoms with Gasteiger partial charge in [-0.25, -0.2) is 0 Å². The molecule has 0 aliphatic carbocycles. The number of hydrogen-bond donors (Lipinski definition) is 0. The summed E-state index contributed by atoms with van der Waals surface area (Å²) in [7, 11) is 0. The summed E-state index contributed by atoms with van der Waals surface area (Å²) < 4.78 is 2.54. The number of rotatable bonds is 7. The van der Waals surface area contributed by atoms with E-state index in [4.69, 9.17) is 0 Å². The summed E-state index contributed by atoms with van der Waals surface area (Å²) in [5.41, 5.74) is 23.7. The zero-order chi connectivity index (χ0) is 48.7. The topological polar surface area (TPSA) is 11.4 Å². The summed E-state index contributed by atoms with van der Waals surface area (Å²) in [4.78, 5) is 5.10. The van der Waals surface area contributed by atoms with E-state index in [2.05, 4.69) is 293 Å². The zero-order valence-electron chi connectivity index (χ0n) is 40.5. The van der Waals surface area contributed by atoms with Gasteiger partial charge in [0.2, 0.25) is 0 Å². The number of hydrogen-bond acceptors (Lipinski definition) is 2. The van der Waals surface area contributed by atoms with Crippen LogP contribution in [-0.2, 0) is 0 Å². The Morgan fingerprint density at radius 3 is 1.16 bits per heavy atom. The first kappa shape index (κ1) is 42.1. The van der Waals surface area contributed by atoms with Crippen molar-refractivity contribution in [2.24, 2.45) is 0 Å². The minimum Gasteiger partial charge on any atom is -0.311 e. The minimum absolute atomic E-state index is 0.106. The first-order chi connectivity index (χ1) is 36.7. The van der Waals surface area contributed by atoms with Crippen molar-refractivity contribution in [3.8, 4) is 50.2 Å². The molecule has 0 saturated carbocycles. The summed E-state index contributed by atoms with van der Waals surface area (Å²) in [6, 6.07) is 103. The maximum absolute atomic E-state index is 2.55. The minimum atomic E-state index is -0.106. The van der Waals surface area contributed by atoms with Crippen molar-refractivity contribution in [3.63, 3.8) is 0 Å². The van der Waals surface area contributed by atoms with Gasteiger partial charge < -0.3 is 14.4 Å². The van der Waals surface area contributed by atoms with Gasteiger partial charge in [-0.05, 0) is 121 Å². The number of anilines is 6. The molecule has 74 heavy (non-hydrogen) atoms. The molecule has 2 aliphatic heterocycles. The number of fused-ring (bicyclic) bond motifs is 9. The Hall–Kier alpha value is -9.64. The lowest BCUT2D eigenvalue weighted by Gasteiger charge is -2.44. The predicted molar refractivity (Wildman–Crippen MR) is 314 cm³/mol. The summed E-state index contributed by atoms with van der Waals surface area (Å²) >= 11 is 0. The molecule has 3 nitrogen and oxygen atoms in total. The van der Waals surface area contributed by atoms with Crippen LogP contribution in [0.5, 0.6) is 0 Å². The Labute approximate surface area is 431 Å². The van der Waals surface area contributed by atoms with Crippen molar-refractivity contribution >= 4 is 89.8 Å². The second-order valence-corrected chi connectivity index (χ2v) is 19.6. The third-order valence-corrected chi connectivity index (χ3v) is 15.5. The highest BCUT2D eigenvalue weighted by atomic mass is 15.2. The average Bonchev–Trinajstić information content (AvgIpc) is 3.87. The van der Waals surface area contributed by atoms with Crippen LogP contribution in [0, 0.1) is 0 Å². The smallest absolute Gasteiger partial charge is 0.252 e. The van der Waals surface area contributed by atoms with Gasteiger partial charge in [-0.2, -0.15) is 0 Å². The molecular weight excluding hydrogens is 894 g/mol. The fourth-order valence-electron chi connectivity index (χ4n) is 12.2. The summed E-state index contributed by atoms with van der Waals surface area (Å²) in [5, 5.41) is 4.92. The lowest BCUT2D eigenvalue weighted by atomic mass is 9.33. The number of nitrogens with zero attached hydrogens (tertiary/aromatic N) is 3. The predicted octanol–water partition coefficient (Wildman–Crippen LogP) is 16.7. The maximum atomic E-state index is 2.55. The largest absolute Gasteiger partial charge is 0.311 e. The van der Waals surface area contributed by atoms with Crippen LogP contribution in [0.4, 0.5) is 34.1 Å². The maximum Gasteiger partial charge on any atom is 0.252 e. The van der Waals surface area contributed by atoms with Crippen LogP contribution in [0.25, 0.3) is 82.8 Å². The molecule has 344 valence electrons. The van der Waals surface area contributed by atoms with Gasteiger partial charge in [0.05, 0.1) is 16.7 Å². The number of para-hydroxylation sites is 1. The monoisotopic (exact) mass is 939 g/mol. The van der Waals surface area contributed by atoms with Crippen molar-refractivity contribution in [2.45, 2.75) is 0 Å². The van der Waals surface area contributed by atoms with Gasteiger partial charge in [0.15, 0.2) is 0 Å². The second kappa shape index (κ2) is 17.0. The number of aromatic nitrogens is 1. The molecule has 1 aromatic heterocycles. The van der Waals surface area contributed by atoms with E-state index in [1.54, 1.807) is 0 Å². The Morgan fingerprint density at radius 2 is 0.662 bits per heavy atom. The van der Waals surface area contributed by atoms with E-state index in [0.717, 1.165) is 28.4 Å². The SMILES string of the molecule is c1ccc(-c2ccc(N3c4ccc(-c5ccccc5)cc4B4c5cc(-c6ccccc6)ccc5N(c5ccc(-c6ccccc6)cc5)c5cc(-n6c7ccccc7c7ccc8ccccc8c76)cc3c54)cc2)cc1. The molecule has 13 aromatic rings. The van der Waals surface area contributed by atoms with Crippen molar-refractivity contribution < 1.29 is 0 Å². The molecule has 0 fully saturated rings. The van der Waals surface area contributed by atoms with Gasteiger partial charge in [-0.3, -0.25) is 0 Å². The Morgan fingerprint density at radius 1 is 0.257 bits per heavy atom. The van der Waals surface area contributed by atoms with Crippen molar-refractivity contribution in [2.75, 3.05) is 9.80 Å². The van der Waals surface area contributed by atoms with Crippen molar-refractivity contribution in [3.05, 3.63) is 279 Å². The van der Waals surface area contributed by atoms with Crippen LogP contribution in [0.15, 0.2) is 279 Å². The molecule has 12 aromatic carbocycles. The molecular formula is C70H46BN3. The quantitative estimate of drug-likeness (QED) is 0.148. The molecule has 0 N–H and O–H groups in total. The van der Waals surface area contributed by atoms with E-state index in [1.807, 2.05) is 0 Å². The average molecular weight is 940 g/mol. The van der Waals surface area contributed by atoms with Crippen LogP contribution in [0.3, 0.4) is 0 Å². The highest BCUT2D eigenvalue weighted by Crippen LogP contribution is 2.48. The second-order valence-electron chi connectivity index (χ2n) is 19.6. The molecule has 0 amide bonds. The van der Waals surface area contributed by atoms with E-state index in [1.165, 1.54) is 105 Å². The van der Waals surface area contributed by atoms with Gasteiger partial charge in [0, 0.05) is 50.3 Å². The molecule has 3 heterocycles. The van der Waals surface area contributed by atoms with Gasteiger partial charge in [0.1, 0.15) is 0 Å². The third kappa shape index (κ3) is 6.69. The molecule has 0 saturated heterocycles. The zero-order valence-corrected chi connectivity index (χ0v) is 40.5. The molecule has 0 bridgehead atoms. The fourth-order valence-corrected chi connectivity index (χ4v) is 12.2. The molecule has 0 atom stereocenters. The molecule has 15 rings (SSSR count). The van der Waals surface area contributed by atoms with Crippen molar-refractivity contribution in [1.82, 2.24) is 4.57 Å². The molecule has 4 heteroatoms. The van der Waals surface area contributed by atoms with Gasteiger partial charge in [0.25, 0.3) is 6.71 Å². The standard InChI is InChI=1S/C70H46BN3/c1-5-17-47(18-6-1)51-29-36-56(37-30-51)72-65-41-34-54(49-21-9-3-10-22-49)43-62(65)71-63-44-55(50-23-11-4-12-24-50)35-42-66(63)73(57-38-31-52(32-39-57)48-19-7-2-8-20-48)68-46-58(45-67(72)69(68)71)74-64-28-16-15-27-60(64)61-40-33-53-25-13-14-26-59(53)70(61)74/h1-46H. The van der Waals surface area contributed by atoms with Gasteiger partial charge in [-0.1, -0.05) is 224 Å². The first-order valence-corrected chi connectivity index (χ1v) is 25.6. The fraction of sp³-hybridized carbons (Fsp3) is 0. The van der Waals surface area contributed by atoms with Crippen LogP contribution < -0.4 is 26.2 Å². The van der Waals surface area contributed by atoms with Crippen molar-refractivity contribution in [1.29, 1.82) is 0 Å². The lowest BCUT2D eigenvalue weighted by Crippen LogP contribution is -2.61. The third-order valence-electron chi connectivity index (χ3n) is 15.5. The molecule has 2 aliphatic rings. The van der Waals surface area contributed by atoms with Crippen LogP contribution in [-0.4, -0.2) is 11.3 Å². The normalized spacial score (nSPS) is 12.5. The van der Waals surface area contributed by atoms with Gasteiger partial charge >= 0.3 is 0 Å². The van der Waals surface area contributed by atoms with Crippen LogP contribution >= 0.6 is 0 Å². The highest BCUT2D eigenvalue weighted by molar-refractivity contribution is 7.00. The Bertz CT molecular complexity index is 4080. The summed E-state index contributed by atoms with van der Waals surface area (Å²) in [5.74, 6) is 0. The summed E-state index contributed by atoms with van der Waals surface area (Å²) in [6.07, 6.45) is 0. The summed E-state index contributed by atoms with van der Waals surface area (Å²) in [6.45, 7) is -0.106. The molecule has 0 radical (unpaired) electrons. The lowest BCUT2D eigenvalue weighted by molar-refractivity contribution is 1.16. The van der Waals surface area contributed by atoms with Crippen LogP contribution in [0.1, 0.15) is 0 Å². The van der Waals surface area contributed by atoms with E-state index in [-0.39, 0.29) is 6.71 Å². The number of benzene rings is 12. The molecule has 0 spiro atoms. The Balaban J connectivity index is 1.07. The molecule has 0 unspecified atom stereocenters.